The SMILES string of the molecule is C[SiH](C)OC(c1ccc[c]n1)C(C)(C)C. The van der Waals surface area contributed by atoms with Crippen LogP contribution in [0.1, 0.15) is 32.6 Å². The van der Waals surface area contributed by atoms with Crippen LogP contribution in [0.15, 0.2) is 18.2 Å². The number of rotatable bonds is 3. The van der Waals surface area contributed by atoms with Gasteiger partial charge in [0.05, 0.1) is 18.0 Å². The zero-order valence-electron chi connectivity index (χ0n) is 10.2. The summed E-state index contributed by atoms with van der Waals surface area (Å²) in [5.74, 6) is 0. The number of aromatic nitrogens is 1. The molecule has 0 fully saturated rings. The smallest absolute Gasteiger partial charge is 0.171 e. The van der Waals surface area contributed by atoms with E-state index in [1.54, 1.807) is 0 Å². The van der Waals surface area contributed by atoms with E-state index in [0.29, 0.717) is 0 Å². The van der Waals surface area contributed by atoms with Crippen molar-refractivity contribution in [1.29, 1.82) is 0 Å². The van der Waals surface area contributed by atoms with Crippen LogP contribution in [0.3, 0.4) is 0 Å². The molecule has 1 aromatic rings. The van der Waals surface area contributed by atoms with Crippen LogP contribution in [-0.4, -0.2) is 14.0 Å². The second kappa shape index (κ2) is 4.90. The summed E-state index contributed by atoms with van der Waals surface area (Å²) in [6, 6.07) is 5.80. The van der Waals surface area contributed by atoms with Crippen molar-refractivity contribution in [2.24, 2.45) is 5.41 Å². The Labute approximate surface area is 94.4 Å². The third-order valence-corrected chi connectivity index (χ3v) is 2.91. The predicted octanol–water partition coefficient (Wildman–Crippen LogP) is 2.97. The van der Waals surface area contributed by atoms with E-state index in [2.05, 4.69) is 45.0 Å². The van der Waals surface area contributed by atoms with Gasteiger partial charge in [0.2, 0.25) is 0 Å². The Hall–Kier alpha value is -0.673. The van der Waals surface area contributed by atoms with E-state index >= 15 is 0 Å². The molecule has 0 N–H and O–H groups in total. The van der Waals surface area contributed by atoms with Gasteiger partial charge in [0, 0.05) is 0 Å². The molecule has 0 saturated heterocycles. The maximum Gasteiger partial charge on any atom is 0.171 e. The molecule has 15 heavy (non-hydrogen) atoms. The van der Waals surface area contributed by atoms with Crippen molar-refractivity contribution in [3.05, 3.63) is 30.1 Å². The van der Waals surface area contributed by atoms with Crippen LogP contribution >= 0.6 is 0 Å². The number of hydrogen-bond donors (Lipinski definition) is 0. The van der Waals surface area contributed by atoms with E-state index in [1.807, 2.05) is 18.2 Å². The minimum atomic E-state index is -1.05. The standard InChI is InChI=1S/C12H20NOSi/c1-12(2,3)11(14-15(4)5)10-8-6-7-9-13-10/h6-8,11,15H,1-5H3. The molecule has 0 aliphatic carbocycles. The molecule has 3 heteroatoms. The van der Waals surface area contributed by atoms with E-state index in [9.17, 15) is 0 Å². The van der Waals surface area contributed by atoms with Gasteiger partial charge >= 0.3 is 0 Å². The summed E-state index contributed by atoms with van der Waals surface area (Å²) in [7, 11) is -1.05. The molecule has 1 aromatic heterocycles. The van der Waals surface area contributed by atoms with E-state index in [-0.39, 0.29) is 11.5 Å². The molecule has 0 aliphatic heterocycles. The van der Waals surface area contributed by atoms with E-state index in [1.165, 1.54) is 0 Å². The molecule has 0 spiro atoms. The molecule has 1 atom stereocenters. The highest BCUT2D eigenvalue weighted by molar-refractivity contribution is 6.48. The lowest BCUT2D eigenvalue weighted by Gasteiger charge is -2.32. The third-order valence-electron chi connectivity index (χ3n) is 2.09. The highest BCUT2D eigenvalue weighted by Crippen LogP contribution is 2.35. The van der Waals surface area contributed by atoms with Gasteiger partial charge in [0.15, 0.2) is 9.04 Å². The summed E-state index contributed by atoms with van der Waals surface area (Å²) in [5.41, 5.74) is 1.07. The lowest BCUT2D eigenvalue weighted by molar-refractivity contribution is 0.0827. The predicted molar refractivity (Wildman–Crippen MR) is 65.2 cm³/mol. The van der Waals surface area contributed by atoms with Gasteiger partial charge < -0.3 is 4.43 Å². The van der Waals surface area contributed by atoms with Gasteiger partial charge in [-0.25, -0.2) is 4.98 Å². The fourth-order valence-corrected chi connectivity index (χ4v) is 2.57. The fourth-order valence-electron chi connectivity index (χ4n) is 1.47. The molecule has 1 heterocycles. The second-order valence-electron chi connectivity index (χ2n) is 5.12. The Balaban J connectivity index is 2.92. The Kier molecular flexibility index (Phi) is 4.05. The fraction of sp³-hybridized carbons (Fsp3) is 0.583. The Bertz CT molecular complexity index is 292. The van der Waals surface area contributed by atoms with Crippen molar-refractivity contribution in [2.75, 3.05) is 0 Å². The Morgan fingerprint density at radius 3 is 2.47 bits per heavy atom. The van der Waals surface area contributed by atoms with Crippen LogP contribution in [0.4, 0.5) is 0 Å². The zero-order valence-corrected chi connectivity index (χ0v) is 11.4. The monoisotopic (exact) mass is 222 g/mol. The van der Waals surface area contributed by atoms with Crippen LogP contribution in [0, 0.1) is 11.6 Å². The summed E-state index contributed by atoms with van der Waals surface area (Å²) < 4.78 is 6.06. The number of nitrogens with zero attached hydrogens (tertiary/aromatic N) is 1. The zero-order chi connectivity index (χ0) is 11.5. The van der Waals surface area contributed by atoms with Gasteiger partial charge in [-0.05, 0) is 30.6 Å². The highest BCUT2D eigenvalue weighted by atomic mass is 28.3. The van der Waals surface area contributed by atoms with Crippen molar-refractivity contribution in [2.45, 2.75) is 40.0 Å². The molecule has 0 aromatic carbocycles. The van der Waals surface area contributed by atoms with Gasteiger partial charge in [-0.15, -0.1) is 0 Å². The Morgan fingerprint density at radius 2 is 2.07 bits per heavy atom. The first-order valence-corrected chi connectivity index (χ1v) is 8.18. The normalized spacial score (nSPS) is 14.3. The Morgan fingerprint density at radius 1 is 1.40 bits per heavy atom. The summed E-state index contributed by atoms with van der Waals surface area (Å²) >= 11 is 0. The molecule has 0 aliphatic rings. The van der Waals surface area contributed by atoms with Gasteiger partial charge in [0.1, 0.15) is 0 Å². The first-order valence-electron chi connectivity index (χ1n) is 5.39. The second-order valence-corrected chi connectivity index (χ2v) is 7.49. The maximum absolute atomic E-state index is 6.06. The molecule has 1 rings (SSSR count). The maximum atomic E-state index is 6.06. The lowest BCUT2D eigenvalue weighted by atomic mass is 9.87. The van der Waals surface area contributed by atoms with Crippen molar-refractivity contribution in [3.8, 4) is 0 Å². The summed E-state index contributed by atoms with van der Waals surface area (Å²) in [6.07, 6.45) is 2.96. The largest absolute Gasteiger partial charge is 0.412 e. The van der Waals surface area contributed by atoms with Crippen molar-refractivity contribution in [3.63, 3.8) is 0 Å². The summed E-state index contributed by atoms with van der Waals surface area (Å²) in [6.45, 7) is 10.9. The molecule has 1 radical (unpaired) electrons. The minimum Gasteiger partial charge on any atom is -0.412 e. The molecular weight excluding hydrogens is 202 g/mol. The van der Waals surface area contributed by atoms with Crippen LogP contribution in [-0.2, 0) is 4.43 Å². The van der Waals surface area contributed by atoms with Crippen molar-refractivity contribution >= 4 is 9.04 Å². The van der Waals surface area contributed by atoms with Crippen LogP contribution in [0.25, 0.3) is 0 Å². The van der Waals surface area contributed by atoms with E-state index in [0.717, 1.165) is 5.69 Å². The summed E-state index contributed by atoms with van der Waals surface area (Å²) in [5, 5.41) is 0. The third kappa shape index (κ3) is 3.76. The topological polar surface area (TPSA) is 22.1 Å². The van der Waals surface area contributed by atoms with E-state index < -0.39 is 9.04 Å². The molecule has 2 nitrogen and oxygen atoms in total. The van der Waals surface area contributed by atoms with Gasteiger partial charge in [-0.3, -0.25) is 0 Å². The number of pyridine rings is 1. The van der Waals surface area contributed by atoms with Gasteiger partial charge in [0.25, 0.3) is 0 Å². The average Bonchev–Trinajstić information content (AvgIpc) is 2.14. The quantitative estimate of drug-likeness (QED) is 0.734. The molecule has 0 amide bonds. The van der Waals surface area contributed by atoms with Crippen molar-refractivity contribution in [1.82, 2.24) is 4.98 Å². The molecule has 83 valence electrons. The molecule has 0 saturated carbocycles. The molecule has 1 unspecified atom stereocenters. The van der Waals surface area contributed by atoms with Gasteiger partial charge in [-0.2, -0.15) is 0 Å². The van der Waals surface area contributed by atoms with Crippen molar-refractivity contribution < 1.29 is 4.43 Å². The van der Waals surface area contributed by atoms with Crippen LogP contribution in [0.5, 0.6) is 0 Å². The first-order chi connectivity index (χ1) is 6.91. The van der Waals surface area contributed by atoms with Gasteiger partial charge in [-0.1, -0.05) is 26.8 Å². The number of hydrogen-bond acceptors (Lipinski definition) is 2. The average molecular weight is 222 g/mol. The highest BCUT2D eigenvalue weighted by Gasteiger charge is 2.28. The molecule has 0 bridgehead atoms. The minimum absolute atomic E-state index is 0.0828. The summed E-state index contributed by atoms with van der Waals surface area (Å²) in [4.78, 5) is 4.27. The van der Waals surface area contributed by atoms with E-state index in [4.69, 9.17) is 4.43 Å². The molecular formula is C12H20NOSi. The van der Waals surface area contributed by atoms with Crippen LogP contribution in [0.2, 0.25) is 13.1 Å². The first kappa shape index (κ1) is 12.4. The van der Waals surface area contributed by atoms with Crippen LogP contribution < -0.4 is 0 Å². The lowest BCUT2D eigenvalue weighted by Crippen LogP contribution is -2.26.